The van der Waals surface area contributed by atoms with Crippen molar-refractivity contribution in [1.29, 1.82) is 0 Å². The third-order valence-corrected chi connectivity index (χ3v) is 15.0. The van der Waals surface area contributed by atoms with Crippen LogP contribution in [-0.4, -0.2) is 47.4 Å². The number of aliphatic hydroxyl groups is 2. The van der Waals surface area contributed by atoms with Crippen LogP contribution in [0.25, 0.3) is 0 Å². The molecule has 6 heteroatoms. The molecule has 3 N–H and O–H groups in total. The minimum Gasteiger partial charge on any atom is -0.466 e. The van der Waals surface area contributed by atoms with Crippen LogP contribution in [0.15, 0.2) is 48.6 Å². The summed E-state index contributed by atoms with van der Waals surface area (Å²) in [5, 5.41) is 23.2. The Morgan fingerprint density at radius 1 is 0.378 bits per heavy atom. The van der Waals surface area contributed by atoms with E-state index < -0.39 is 12.1 Å². The number of hydrogen-bond acceptors (Lipinski definition) is 5. The highest BCUT2D eigenvalue weighted by atomic mass is 16.5. The average Bonchev–Trinajstić information content (AvgIpc) is 3.40. The van der Waals surface area contributed by atoms with E-state index in [1.165, 1.54) is 270 Å². The summed E-state index contributed by atoms with van der Waals surface area (Å²) in [6.07, 6.45) is 81.6. The van der Waals surface area contributed by atoms with Gasteiger partial charge in [0.15, 0.2) is 0 Å². The zero-order chi connectivity index (χ0) is 53.6. The lowest BCUT2D eigenvalue weighted by atomic mass is 10.0. The maximum atomic E-state index is 12.5. The second kappa shape index (κ2) is 63.4. The summed E-state index contributed by atoms with van der Waals surface area (Å²) in [6, 6.07) is -0.633. The Labute approximate surface area is 461 Å². The molecule has 2 unspecified atom stereocenters. The molecule has 0 aliphatic rings. The van der Waals surface area contributed by atoms with E-state index in [2.05, 4.69) is 55.6 Å². The first-order chi connectivity index (χ1) is 36.5. The van der Waals surface area contributed by atoms with Crippen LogP contribution in [0.3, 0.4) is 0 Å². The molecule has 6 nitrogen and oxygen atoms in total. The quantitative estimate of drug-likeness (QED) is 0.0320. The van der Waals surface area contributed by atoms with Crippen LogP contribution in [0.5, 0.6) is 0 Å². The van der Waals surface area contributed by atoms with Gasteiger partial charge in [0.1, 0.15) is 0 Å². The van der Waals surface area contributed by atoms with Gasteiger partial charge in [-0.25, -0.2) is 0 Å². The fraction of sp³-hybridized carbons (Fsp3) is 0.853. The van der Waals surface area contributed by atoms with Crippen molar-refractivity contribution < 1.29 is 24.5 Å². The Kier molecular flexibility index (Phi) is 61.5. The molecule has 0 spiro atoms. The molecule has 0 aliphatic heterocycles. The molecule has 0 bridgehead atoms. The second-order valence-electron chi connectivity index (χ2n) is 22.4. The number of allylic oxidation sites excluding steroid dienone is 7. The standard InChI is InChI=1S/C68H127NO5/c1-3-5-7-9-11-13-15-17-18-19-20-27-30-33-37-40-44-48-52-56-60-66(71)65(64-70)69-67(72)61-57-53-49-45-41-38-34-31-28-25-23-21-22-24-26-29-32-35-39-43-47-51-55-59-63-74-68(73)62-58-54-50-46-42-36-16-14-12-10-8-6-4-2/h8,10,14,16,23,25,56,60,65-66,70-71H,3-7,9,11-13,15,17-22,24,26-55,57-59,61-64H2,1-2H3,(H,69,72)/b10-8-,16-14-,25-23-,60-56+. The summed E-state index contributed by atoms with van der Waals surface area (Å²) in [6.45, 7) is 4.85. The van der Waals surface area contributed by atoms with Gasteiger partial charge in [-0.1, -0.05) is 300 Å². The van der Waals surface area contributed by atoms with Gasteiger partial charge in [0.05, 0.1) is 25.4 Å². The van der Waals surface area contributed by atoms with E-state index in [9.17, 15) is 19.8 Å². The highest BCUT2D eigenvalue weighted by Crippen LogP contribution is 2.17. The highest BCUT2D eigenvalue weighted by Gasteiger charge is 2.18. The Hall–Kier alpha value is -2.18. The maximum Gasteiger partial charge on any atom is 0.305 e. The predicted octanol–water partition coefficient (Wildman–Crippen LogP) is 20.9. The van der Waals surface area contributed by atoms with Gasteiger partial charge >= 0.3 is 5.97 Å². The fourth-order valence-electron chi connectivity index (χ4n) is 10.0. The first-order valence-electron chi connectivity index (χ1n) is 32.9. The van der Waals surface area contributed by atoms with Crippen LogP contribution in [0.1, 0.15) is 348 Å². The lowest BCUT2D eigenvalue weighted by Crippen LogP contribution is -2.45. The van der Waals surface area contributed by atoms with Gasteiger partial charge in [-0.15, -0.1) is 0 Å². The van der Waals surface area contributed by atoms with Gasteiger partial charge in [-0.2, -0.15) is 0 Å². The number of aliphatic hydroxyl groups excluding tert-OH is 2. The van der Waals surface area contributed by atoms with E-state index in [0.717, 1.165) is 51.4 Å². The van der Waals surface area contributed by atoms with Crippen molar-refractivity contribution in [2.45, 2.75) is 360 Å². The molecule has 0 aromatic rings. The zero-order valence-electron chi connectivity index (χ0n) is 49.6. The smallest absolute Gasteiger partial charge is 0.305 e. The summed E-state index contributed by atoms with van der Waals surface area (Å²) in [7, 11) is 0. The zero-order valence-corrected chi connectivity index (χ0v) is 49.6. The van der Waals surface area contributed by atoms with Gasteiger partial charge in [-0.05, 0) is 83.5 Å². The summed E-state index contributed by atoms with van der Waals surface area (Å²) >= 11 is 0. The molecule has 0 aliphatic carbocycles. The Morgan fingerprint density at radius 3 is 1.09 bits per heavy atom. The third-order valence-electron chi connectivity index (χ3n) is 15.0. The topological polar surface area (TPSA) is 95.9 Å². The largest absolute Gasteiger partial charge is 0.466 e. The van der Waals surface area contributed by atoms with E-state index in [4.69, 9.17) is 4.74 Å². The minimum atomic E-state index is -0.849. The van der Waals surface area contributed by atoms with E-state index in [-0.39, 0.29) is 18.5 Å². The number of hydrogen-bond donors (Lipinski definition) is 3. The number of esters is 1. The number of ether oxygens (including phenoxy) is 1. The summed E-state index contributed by atoms with van der Waals surface area (Å²) in [5.74, 6) is -0.0738. The summed E-state index contributed by atoms with van der Waals surface area (Å²) < 4.78 is 5.47. The highest BCUT2D eigenvalue weighted by molar-refractivity contribution is 5.76. The molecule has 0 saturated carbocycles. The number of unbranched alkanes of at least 4 members (excludes halogenated alkanes) is 44. The van der Waals surface area contributed by atoms with Crippen LogP contribution >= 0.6 is 0 Å². The predicted molar refractivity (Wildman–Crippen MR) is 324 cm³/mol. The Morgan fingerprint density at radius 2 is 0.703 bits per heavy atom. The van der Waals surface area contributed by atoms with Crippen molar-refractivity contribution in [3.05, 3.63) is 48.6 Å². The molecule has 1 amide bonds. The van der Waals surface area contributed by atoms with Crippen LogP contribution in [-0.2, 0) is 14.3 Å². The van der Waals surface area contributed by atoms with Crippen molar-refractivity contribution >= 4 is 11.9 Å². The number of amides is 1. The molecule has 2 atom stereocenters. The first kappa shape index (κ1) is 71.8. The third kappa shape index (κ3) is 59.1. The number of rotatable bonds is 61. The van der Waals surface area contributed by atoms with Gasteiger partial charge in [-0.3, -0.25) is 9.59 Å². The van der Waals surface area contributed by atoms with Gasteiger partial charge in [0, 0.05) is 12.8 Å². The molecule has 0 heterocycles. The van der Waals surface area contributed by atoms with Crippen molar-refractivity contribution in [3.63, 3.8) is 0 Å². The molecule has 74 heavy (non-hydrogen) atoms. The summed E-state index contributed by atoms with van der Waals surface area (Å²) in [5.41, 5.74) is 0. The molecule has 0 aromatic carbocycles. The fourth-order valence-corrected chi connectivity index (χ4v) is 10.0. The average molecular weight is 1040 g/mol. The Balaban J connectivity index is 3.44. The number of carbonyl (C=O) groups is 2. The monoisotopic (exact) mass is 1040 g/mol. The van der Waals surface area contributed by atoms with Crippen molar-refractivity contribution in [2.75, 3.05) is 13.2 Å². The molecular weight excluding hydrogens is 911 g/mol. The van der Waals surface area contributed by atoms with E-state index >= 15 is 0 Å². The molecule has 0 rings (SSSR count). The molecule has 0 fully saturated rings. The lowest BCUT2D eigenvalue weighted by Gasteiger charge is -2.20. The lowest BCUT2D eigenvalue weighted by molar-refractivity contribution is -0.143. The molecule has 0 aromatic heterocycles. The van der Waals surface area contributed by atoms with Gasteiger partial charge < -0.3 is 20.3 Å². The van der Waals surface area contributed by atoms with Crippen molar-refractivity contribution in [3.8, 4) is 0 Å². The van der Waals surface area contributed by atoms with Crippen LogP contribution in [0.4, 0.5) is 0 Å². The molecule has 0 saturated heterocycles. The molecule has 0 radical (unpaired) electrons. The minimum absolute atomic E-state index is 0.00343. The Bertz CT molecular complexity index is 1240. The van der Waals surface area contributed by atoms with Crippen LogP contribution < -0.4 is 5.32 Å². The SMILES string of the molecule is CCC/C=C\C/C=C\CCCCCCCC(=O)OCCCCCCCCCCCCCC/C=C\CCCCCCCCCCC(=O)NC(CO)C(O)/C=C/CCCCCCCCCCCCCCCCCCCC. The van der Waals surface area contributed by atoms with E-state index in [1.54, 1.807) is 6.08 Å². The van der Waals surface area contributed by atoms with Crippen molar-refractivity contribution in [1.82, 2.24) is 5.32 Å². The van der Waals surface area contributed by atoms with Crippen LogP contribution in [0.2, 0.25) is 0 Å². The van der Waals surface area contributed by atoms with E-state index in [1.807, 2.05) is 6.08 Å². The van der Waals surface area contributed by atoms with E-state index in [0.29, 0.717) is 19.4 Å². The van der Waals surface area contributed by atoms with Crippen LogP contribution in [0, 0.1) is 0 Å². The number of nitrogens with one attached hydrogen (secondary N) is 1. The molecular formula is C68H127NO5. The van der Waals surface area contributed by atoms with Gasteiger partial charge in [0.2, 0.25) is 5.91 Å². The normalized spacial score (nSPS) is 12.9. The second-order valence-corrected chi connectivity index (χ2v) is 22.4. The summed E-state index contributed by atoms with van der Waals surface area (Å²) in [4.78, 5) is 24.5. The first-order valence-corrected chi connectivity index (χ1v) is 32.9. The van der Waals surface area contributed by atoms with Gasteiger partial charge in [0.25, 0.3) is 0 Å². The maximum absolute atomic E-state index is 12.5. The molecule has 434 valence electrons. The number of carbonyl (C=O) groups excluding carboxylic acids is 2. The van der Waals surface area contributed by atoms with Crippen molar-refractivity contribution in [2.24, 2.45) is 0 Å².